The number of anilines is 1. The van der Waals surface area contributed by atoms with Crippen molar-refractivity contribution in [2.45, 2.75) is 19.9 Å². The first kappa shape index (κ1) is 9.52. The van der Waals surface area contributed by atoms with E-state index in [0.29, 0.717) is 5.69 Å². The number of nitrogens with one attached hydrogen (secondary N) is 1. The van der Waals surface area contributed by atoms with Crippen LogP contribution in [0.1, 0.15) is 13.8 Å². The molecule has 0 amide bonds. The molecule has 1 rings (SSSR count). The van der Waals surface area contributed by atoms with Crippen LogP contribution in [0.4, 0.5) is 10.1 Å². The van der Waals surface area contributed by atoms with Crippen LogP contribution < -0.4 is 5.32 Å². The molecule has 1 aromatic rings. The van der Waals surface area contributed by atoms with Gasteiger partial charge in [-0.2, -0.15) is 0 Å². The van der Waals surface area contributed by atoms with Gasteiger partial charge >= 0.3 is 0 Å². The first-order chi connectivity index (χ1) is 5.61. The van der Waals surface area contributed by atoms with Gasteiger partial charge in [0.25, 0.3) is 0 Å². The van der Waals surface area contributed by atoms with E-state index in [9.17, 15) is 4.39 Å². The van der Waals surface area contributed by atoms with E-state index in [-0.39, 0.29) is 11.9 Å². The summed E-state index contributed by atoms with van der Waals surface area (Å²) < 4.78 is 13.9. The van der Waals surface area contributed by atoms with Gasteiger partial charge in [0.15, 0.2) is 0 Å². The molecule has 3 heteroatoms. The molecule has 0 bridgehead atoms. The third kappa shape index (κ3) is 2.21. The maximum absolute atomic E-state index is 13.1. The van der Waals surface area contributed by atoms with Crippen LogP contribution in [0.2, 0.25) is 0 Å². The van der Waals surface area contributed by atoms with Crippen molar-refractivity contribution in [2.24, 2.45) is 0 Å². The molecule has 0 saturated carbocycles. The molecular formula is C9H11BrFN. The Labute approximate surface area is 80.1 Å². The van der Waals surface area contributed by atoms with Gasteiger partial charge in [0.2, 0.25) is 0 Å². The fourth-order valence-corrected chi connectivity index (χ4v) is 1.38. The Morgan fingerprint density at radius 3 is 2.58 bits per heavy atom. The molecule has 0 aliphatic rings. The quantitative estimate of drug-likeness (QED) is 0.823. The molecule has 12 heavy (non-hydrogen) atoms. The SMILES string of the molecule is CC(C)Nc1c(F)cccc1Br. The van der Waals surface area contributed by atoms with E-state index in [0.717, 1.165) is 4.47 Å². The second-order valence-corrected chi connectivity index (χ2v) is 3.75. The Kier molecular flexibility index (Phi) is 3.09. The van der Waals surface area contributed by atoms with Crippen LogP contribution in [-0.2, 0) is 0 Å². The molecule has 0 fully saturated rings. The smallest absolute Gasteiger partial charge is 0.147 e. The summed E-state index contributed by atoms with van der Waals surface area (Å²) in [7, 11) is 0. The van der Waals surface area contributed by atoms with Crippen LogP contribution in [0, 0.1) is 5.82 Å². The number of hydrogen-bond acceptors (Lipinski definition) is 1. The highest BCUT2D eigenvalue weighted by Crippen LogP contribution is 2.25. The van der Waals surface area contributed by atoms with Gasteiger partial charge in [0, 0.05) is 10.5 Å². The number of hydrogen-bond donors (Lipinski definition) is 1. The molecule has 0 spiro atoms. The molecule has 0 atom stereocenters. The van der Waals surface area contributed by atoms with Crippen LogP contribution in [0.15, 0.2) is 22.7 Å². The van der Waals surface area contributed by atoms with E-state index < -0.39 is 0 Å². The highest BCUT2D eigenvalue weighted by molar-refractivity contribution is 9.10. The van der Waals surface area contributed by atoms with Gasteiger partial charge in [-0.15, -0.1) is 0 Å². The zero-order valence-electron chi connectivity index (χ0n) is 7.07. The number of halogens is 2. The summed E-state index contributed by atoms with van der Waals surface area (Å²) in [6.07, 6.45) is 0. The number of benzene rings is 1. The van der Waals surface area contributed by atoms with Gasteiger partial charge in [0.05, 0.1) is 5.69 Å². The van der Waals surface area contributed by atoms with Gasteiger partial charge in [-0.05, 0) is 41.9 Å². The molecule has 1 aromatic carbocycles. The van der Waals surface area contributed by atoms with Crippen molar-refractivity contribution in [1.29, 1.82) is 0 Å². The lowest BCUT2D eigenvalue weighted by Crippen LogP contribution is -2.11. The van der Waals surface area contributed by atoms with Crippen molar-refractivity contribution in [3.05, 3.63) is 28.5 Å². The molecule has 0 aliphatic carbocycles. The summed E-state index contributed by atoms with van der Waals surface area (Å²) in [4.78, 5) is 0. The van der Waals surface area contributed by atoms with Crippen LogP contribution in [-0.4, -0.2) is 6.04 Å². The first-order valence-electron chi connectivity index (χ1n) is 3.82. The van der Waals surface area contributed by atoms with E-state index in [2.05, 4.69) is 21.2 Å². The topological polar surface area (TPSA) is 12.0 Å². The second kappa shape index (κ2) is 3.90. The molecule has 0 aromatic heterocycles. The van der Waals surface area contributed by atoms with Gasteiger partial charge in [0.1, 0.15) is 5.82 Å². The Bertz CT molecular complexity index is 253. The van der Waals surface area contributed by atoms with E-state index in [1.54, 1.807) is 6.07 Å². The predicted molar refractivity (Wildman–Crippen MR) is 52.9 cm³/mol. The van der Waals surface area contributed by atoms with Crippen LogP contribution >= 0.6 is 15.9 Å². The molecule has 0 heterocycles. The zero-order chi connectivity index (χ0) is 9.14. The Hall–Kier alpha value is -0.570. The minimum Gasteiger partial charge on any atom is -0.380 e. The third-order valence-electron chi connectivity index (χ3n) is 1.40. The zero-order valence-corrected chi connectivity index (χ0v) is 8.65. The third-order valence-corrected chi connectivity index (χ3v) is 2.06. The van der Waals surface area contributed by atoms with Gasteiger partial charge < -0.3 is 5.32 Å². The molecule has 66 valence electrons. The largest absolute Gasteiger partial charge is 0.380 e. The van der Waals surface area contributed by atoms with Gasteiger partial charge in [-0.25, -0.2) is 4.39 Å². The van der Waals surface area contributed by atoms with Crippen molar-refractivity contribution in [3.8, 4) is 0 Å². The van der Waals surface area contributed by atoms with E-state index in [4.69, 9.17) is 0 Å². The molecule has 0 unspecified atom stereocenters. The van der Waals surface area contributed by atoms with Crippen molar-refractivity contribution in [1.82, 2.24) is 0 Å². The fourth-order valence-electron chi connectivity index (χ4n) is 0.924. The van der Waals surface area contributed by atoms with Crippen molar-refractivity contribution >= 4 is 21.6 Å². The average Bonchev–Trinajstić information content (AvgIpc) is 1.97. The van der Waals surface area contributed by atoms with Gasteiger partial charge in [-0.1, -0.05) is 6.07 Å². The van der Waals surface area contributed by atoms with Crippen molar-refractivity contribution in [3.63, 3.8) is 0 Å². The number of para-hydroxylation sites is 1. The number of rotatable bonds is 2. The van der Waals surface area contributed by atoms with Crippen molar-refractivity contribution < 1.29 is 4.39 Å². The lowest BCUT2D eigenvalue weighted by atomic mass is 10.3. The van der Waals surface area contributed by atoms with E-state index in [1.807, 2.05) is 19.9 Å². The first-order valence-corrected chi connectivity index (χ1v) is 4.61. The van der Waals surface area contributed by atoms with Crippen LogP contribution in [0.25, 0.3) is 0 Å². The fraction of sp³-hybridized carbons (Fsp3) is 0.333. The normalized spacial score (nSPS) is 10.4. The average molecular weight is 232 g/mol. The Balaban J connectivity index is 2.96. The highest BCUT2D eigenvalue weighted by Gasteiger charge is 2.05. The lowest BCUT2D eigenvalue weighted by molar-refractivity contribution is 0.627. The van der Waals surface area contributed by atoms with E-state index in [1.165, 1.54) is 6.07 Å². The molecule has 1 nitrogen and oxygen atoms in total. The molecule has 0 radical (unpaired) electrons. The lowest BCUT2D eigenvalue weighted by Gasteiger charge is -2.12. The monoisotopic (exact) mass is 231 g/mol. The van der Waals surface area contributed by atoms with Crippen molar-refractivity contribution in [2.75, 3.05) is 5.32 Å². The highest BCUT2D eigenvalue weighted by atomic mass is 79.9. The minimum atomic E-state index is -0.224. The molecule has 1 N–H and O–H groups in total. The summed E-state index contributed by atoms with van der Waals surface area (Å²) in [6.45, 7) is 3.94. The molecular weight excluding hydrogens is 221 g/mol. The summed E-state index contributed by atoms with van der Waals surface area (Å²) in [5.41, 5.74) is 0.535. The molecule has 0 aliphatic heterocycles. The summed E-state index contributed by atoms with van der Waals surface area (Å²) in [6, 6.07) is 5.16. The Morgan fingerprint density at radius 2 is 2.08 bits per heavy atom. The minimum absolute atomic E-state index is 0.224. The van der Waals surface area contributed by atoms with Crippen LogP contribution in [0.3, 0.4) is 0 Å². The van der Waals surface area contributed by atoms with E-state index >= 15 is 0 Å². The summed E-state index contributed by atoms with van der Waals surface area (Å²) >= 11 is 3.27. The second-order valence-electron chi connectivity index (χ2n) is 2.90. The summed E-state index contributed by atoms with van der Waals surface area (Å²) in [5, 5.41) is 3.02. The Morgan fingerprint density at radius 1 is 1.42 bits per heavy atom. The maximum atomic E-state index is 13.1. The molecule has 0 saturated heterocycles. The van der Waals surface area contributed by atoms with Crippen LogP contribution in [0.5, 0.6) is 0 Å². The standard InChI is InChI=1S/C9H11BrFN/c1-6(2)12-9-7(10)4-3-5-8(9)11/h3-6,12H,1-2H3. The summed E-state index contributed by atoms with van der Waals surface area (Å²) in [5.74, 6) is -0.224. The maximum Gasteiger partial charge on any atom is 0.147 e. The van der Waals surface area contributed by atoms with Gasteiger partial charge in [-0.3, -0.25) is 0 Å². The predicted octanol–water partition coefficient (Wildman–Crippen LogP) is 3.41.